The van der Waals surface area contributed by atoms with Crippen molar-refractivity contribution < 1.29 is 17.4 Å². The number of pyridine rings is 1. The second-order valence-electron chi connectivity index (χ2n) is 4.48. The highest BCUT2D eigenvalue weighted by atomic mass is 32.2. The van der Waals surface area contributed by atoms with Crippen molar-refractivity contribution in [1.82, 2.24) is 4.98 Å². The lowest BCUT2D eigenvalue weighted by atomic mass is 10.2. The summed E-state index contributed by atoms with van der Waals surface area (Å²) in [5, 5.41) is 2.71. The van der Waals surface area contributed by atoms with Crippen molar-refractivity contribution in [1.29, 1.82) is 0 Å². The van der Waals surface area contributed by atoms with Gasteiger partial charge in [0.25, 0.3) is 0 Å². The Labute approximate surface area is 128 Å². The molecular formula is C12H16F3N3OS2. The quantitative estimate of drug-likeness (QED) is 0.779. The minimum Gasteiger partial charge on any atom is -0.389 e. The third kappa shape index (κ3) is 5.24. The summed E-state index contributed by atoms with van der Waals surface area (Å²) >= 11 is 4.80. The van der Waals surface area contributed by atoms with Crippen LogP contribution >= 0.6 is 12.2 Å². The number of nitrogens with zero attached hydrogens (tertiary/aromatic N) is 1. The normalized spacial score (nSPS) is 14.5. The van der Waals surface area contributed by atoms with Crippen LogP contribution in [0.4, 0.5) is 19.0 Å². The second kappa shape index (κ2) is 7.17. The molecule has 118 valence electrons. The van der Waals surface area contributed by atoms with Crippen molar-refractivity contribution in [2.24, 2.45) is 5.73 Å². The molecule has 0 spiro atoms. The fraction of sp³-hybridized carbons (Fsp3) is 0.500. The molecule has 0 radical (unpaired) electrons. The lowest BCUT2D eigenvalue weighted by Crippen LogP contribution is -2.20. The number of hydrogen-bond donors (Lipinski definition) is 2. The highest BCUT2D eigenvalue weighted by Gasteiger charge is 2.33. The number of hydrogen-bond acceptors (Lipinski definition) is 4. The summed E-state index contributed by atoms with van der Waals surface area (Å²) in [6.45, 7) is 2.12. The number of nitrogens with two attached hydrogens (primary N) is 1. The maximum absolute atomic E-state index is 12.7. The summed E-state index contributed by atoms with van der Waals surface area (Å²) in [6, 6.07) is 2.03. The molecule has 0 aliphatic carbocycles. The first-order chi connectivity index (χ1) is 9.62. The van der Waals surface area contributed by atoms with Crippen LogP contribution in [0.3, 0.4) is 0 Å². The zero-order valence-electron chi connectivity index (χ0n) is 11.5. The minimum atomic E-state index is -4.54. The molecule has 4 nitrogen and oxygen atoms in total. The van der Waals surface area contributed by atoms with E-state index < -0.39 is 22.7 Å². The Morgan fingerprint density at radius 3 is 2.62 bits per heavy atom. The molecule has 0 aliphatic heterocycles. The van der Waals surface area contributed by atoms with Crippen molar-refractivity contribution in [3.05, 3.63) is 23.4 Å². The van der Waals surface area contributed by atoms with Crippen molar-refractivity contribution in [3.63, 3.8) is 0 Å². The first-order valence-electron chi connectivity index (χ1n) is 6.07. The Morgan fingerprint density at radius 1 is 1.52 bits per heavy atom. The van der Waals surface area contributed by atoms with E-state index in [0.29, 0.717) is 13.0 Å². The Kier molecular flexibility index (Phi) is 6.09. The average Bonchev–Trinajstić information content (AvgIpc) is 2.36. The van der Waals surface area contributed by atoms with E-state index in [1.165, 1.54) is 6.07 Å². The van der Waals surface area contributed by atoms with E-state index in [2.05, 4.69) is 10.3 Å². The fourth-order valence-corrected chi connectivity index (χ4v) is 2.12. The van der Waals surface area contributed by atoms with Gasteiger partial charge in [0.05, 0.1) is 5.56 Å². The van der Waals surface area contributed by atoms with Crippen molar-refractivity contribution in [3.8, 4) is 0 Å². The van der Waals surface area contributed by atoms with Crippen LogP contribution in [-0.2, 0) is 17.0 Å². The summed E-state index contributed by atoms with van der Waals surface area (Å²) in [5.74, 6) is -0.00795. The predicted octanol–water partition coefficient (Wildman–Crippen LogP) is 2.30. The van der Waals surface area contributed by atoms with E-state index in [9.17, 15) is 17.4 Å². The Balaban J connectivity index is 2.92. The van der Waals surface area contributed by atoms with Crippen LogP contribution in [0.5, 0.6) is 0 Å². The number of rotatable bonds is 6. The van der Waals surface area contributed by atoms with E-state index in [1.54, 1.807) is 13.2 Å². The highest BCUT2D eigenvalue weighted by molar-refractivity contribution is 7.84. The largest absolute Gasteiger partial charge is 0.433 e. The molecular weight excluding hydrogens is 323 g/mol. The SMILES string of the molecule is CC(CCNc1nc(C(F)(F)F)ccc1C(N)=S)S(C)=O. The average molecular weight is 339 g/mol. The first kappa shape index (κ1) is 17.8. The summed E-state index contributed by atoms with van der Waals surface area (Å²) < 4.78 is 49.2. The van der Waals surface area contributed by atoms with Gasteiger partial charge in [0.1, 0.15) is 16.5 Å². The Bertz CT molecular complexity index is 549. The van der Waals surface area contributed by atoms with E-state index >= 15 is 0 Å². The van der Waals surface area contributed by atoms with Crippen LogP contribution < -0.4 is 11.1 Å². The molecule has 21 heavy (non-hydrogen) atoms. The van der Waals surface area contributed by atoms with Gasteiger partial charge in [0.15, 0.2) is 0 Å². The third-order valence-corrected chi connectivity index (χ3v) is 4.45. The maximum atomic E-state index is 12.7. The van der Waals surface area contributed by atoms with Crippen LogP contribution in [0.2, 0.25) is 0 Å². The number of alkyl halides is 3. The van der Waals surface area contributed by atoms with Gasteiger partial charge in [-0.2, -0.15) is 13.2 Å². The van der Waals surface area contributed by atoms with E-state index in [1.807, 2.05) is 0 Å². The van der Waals surface area contributed by atoms with E-state index in [4.69, 9.17) is 18.0 Å². The molecule has 3 N–H and O–H groups in total. The van der Waals surface area contributed by atoms with Crippen LogP contribution in [0.1, 0.15) is 24.6 Å². The minimum absolute atomic E-state index is 0.00795. The van der Waals surface area contributed by atoms with Crippen molar-refractivity contribution in [2.45, 2.75) is 24.8 Å². The summed E-state index contributed by atoms with van der Waals surface area (Å²) in [6.07, 6.45) is -2.44. The summed E-state index contributed by atoms with van der Waals surface area (Å²) in [7, 11) is -0.992. The van der Waals surface area contributed by atoms with Crippen LogP contribution in [0.15, 0.2) is 12.1 Å². The fourth-order valence-electron chi connectivity index (χ4n) is 1.51. The van der Waals surface area contributed by atoms with Gasteiger partial charge in [-0.15, -0.1) is 0 Å². The topological polar surface area (TPSA) is 68.0 Å². The predicted molar refractivity (Wildman–Crippen MR) is 81.8 cm³/mol. The molecule has 1 rings (SSSR count). The van der Waals surface area contributed by atoms with Crippen molar-refractivity contribution >= 4 is 33.8 Å². The molecule has 2 atom stereocenters. The number of thiocarbonyl (C=S) groups is 1. The molecule has 1 aromatic heterocycles. The highest BCUT2D eigenvalue weighted by Crippen LogP contribution is 2.29. The van der Waals surface area contributed by atoms with Gasteiger partial charge >= 0.3 is 6.18 Å². The van der Waals surface area contributed by atoms with Gasteiger partial charge in [0, 0.05) is 28.9 Å². The standard InChI is InChI=1S/C12H16F3N3OS2/c1-7(21(2)19)5-6-17-11-8(10(16)20)3-4-9(18-11)12(13,14)15/h3-4,7H,5-6H2,1-2H3,(H2,16,20)(H,17,18). The van der Waals surface area contributed by atoms with Gasteiger partial charge in [-0.25, -0.2) is 4.98 Å². The summed E-state index contributed by atoms with van der Waals surface area (Å²) in [4.78, 5) is 3.49. The van der Waals surface area contributed by atoms with Crippen molar-refractivity contribution in [2.75, 3.05) is 18.1 Å². The Hall–Kier alpha value is -1.22. The monoisotopic (exact) mass is 339 g/mol. The molecule has 9 heteroatoms. The zero-order chi connectivity index (χ0) is 16.2. The molecule has 0 aliphatic rings. The molecule has 0 fully saturated rings. The molecule has 1 aromatic rings. The van der Waals surface area contributed by atoms with E-state index in [-0.39, 0.29) is 21.6 Å². The van der Waals surface area contributed by atoms with Gasteiger partial charge in [-0.1, -0.05) is 19.1 Å². The summed E-state index contributed by atoms with van der Waals surface area (Å²) in [5.41, 5.74) is 4.71. The second-order valence-corrected chi connectivity index (χ2v) is 6.72. The van der Waals surface area contributed by atoms with Crippen LogP contribution in [-0.4, -0.2) is 32.2 Å². The molecule has 0 bridgehead atoms. The van der Waals surface area contributed by atoms with Gasteiger partial charge in [0.2, 0.25) is 0 Å². The molecule has 1 heterocycles. The number of halogens is 3. The van der Waals surface area contributed by atoms with Gasteiger partial charge < -0.3 is 11.1 Å². The van der Waals surface area contributed by atoms with E-state index in [0.717, 1.165) is 6.07 Å². The first-order valence-corrected chi connectivity index (χ1v) is 8.10. The number of nitrogens with one attached hydrogen (secondary N) is 1. The number of anilines is 1. The Morgan fingerprint density at radius 2 is 2.14 bits per heavy atom. The molecule has 0 saturated heterocycles. The smallest absolute Gasteiger partial charge is 0.389 e. The number of aromatic nitrogens is 1. The van der Waals surface area contributed by atoms with Crippen LogP contribution in [0, 0.1) is 0 Å². The maximum Gasteiger partial charge on any atom is 0.433 e. The van der Waals surface area contributed by atoms with Gasteiger partial charge in [-0.3, -0.25) is 4.21 Å². The molecule has 2 unspecified atom stereocenters. The zero-order valence-corrected chi connectivity index (χ0v) is 13.2. The lowest BCUT2D eigenvalue weighted by molar-refractivity contribution is -0.141. The molecule has 0 saturated carbocycles. The third-order valence-electron chi connectivity index (χ3n) is 2.86. The lowest BCUT2D eigenvalue weighted by Gasteiger charge is -2.14. The molecule has 0 amide bonds. The molecule has 0 aromatic carbocycles. The van der Waals surface area contributed by atoms with Crippen LogP contribution in [0.25, 0.3) is 0 Å². The van der Waals surface area contributed by atoms with Gasteiger partial charge in [-0.05, 0) is 18.6 Å².